The number of morpholine rings is 1. The normalized spacial score (nSPS) is 17.7. The molecule has 2 unspecified atom stereocenters. The molecule has 5 rings (SSSR count). The molecule has 0 spiro atoms. The number of nitrogens with zero attached hydrogens (tertiary/aromatic N) is 5. The van der Waals surface area contributed by atoms with Gasteiger partial charge in [-0.25, -0.2) is 9.97 Å². The second kappa shape index (κ2) is 11.4. The van der Waals surface area contributed by atoms with E-state index < -0.39 is 11.7 Å². The molecule has 5 heterocycles. The Morgan fingerprint density at radius 3 is 2.66 bits per heavy atom. The molecular weight excluding hydrogens is 510 g/mol. The van der Waals surface area contributed by atoms with E-state index in [0.29, 0.717) is 17.5 Å². The molecular formula is C27H26F2N6O2S. The number of rotatable bonds is 7. The minimum Gasteiger partial charge on any atom is -0.372 e. The van der Waals surface area contributed by atoms with Crippen molar-refractivity contribution in [2.45, 2.75) is 43.3 Å². The molecule has 1 saturated heterocycles. The fourth-order valence-electron chi connectivity index (χ4n) is 4.38. The largest absolute Gasteiger partial charge is 0.372 e. The third-order valence-corrected chi connectivity index (χ3v) is 6.69. The number of hydrogen-bond acceptors (Lipinski definition) is 8. The number of amides is 1. The zero-order chi connectivity index (χ0) is 26.6. The van der Waals surface area contributed by atoms with Crippen LogP contribution >= 0.6 is 11.8 Å². The van der Waals surface area contributed by atoms with Crippen LogP contribution < -0.4 is 10.2 Å². The first-order valence-corrected chi connectivity index (χ1v) is 13.0. The summed E-state index contributed by atoms with van der Waals surface area (Å²) in [5.74, 6) is -2.16. The van der Waals surface area contributed by atoms with E-state index in [9.17, 15) is 13.6 Å². The van der Waals surface area contributed by atoms with Crippen molar-refractivity contribution in [3.05, 3.63) is 72.3 Å². The summed E-state index contributed by atoms with van der Waals surface area (Å²) in [6, 6.07) is 14.4. The lowest BCUT2D eigenvalue weighted by Crippen LogP contribution is -2.45. The number of ether oxygens (including phenoxy) is 1. The van der Waals surface area contributed by atoms with Crippen LogP contribution in [0.15, 0.2) is 65.8 Å². The van der Waals surface area contributed by atoms with E-state index in [1.54, 1.807) is 6.20 Å². The van der Waals surface area contributed by atoms with Crippen molar-refractivity contribution in [2.24, 2.45) is 0 Å². The zero-order valence-electron chi connectivity index (χ0n) is 20.8. The Kier molecular flexibility index (Phi) is 7.75. The average molecular weight is 537 g/mol. The van der Waals surface area contributed by atoms with Crippen LogP contribution in [0.3, 0.4) is 0 Å². The first kappa shape index (κ1) is 25.9. The van der Waals surface area contributed by atoms with Gasteiger partial charge in [0.2, 0.25) is 0 Å². The van der Waals surface area contributed by atoms with Crippen molar-refractivity contribution in [1.29, 1.82) is 0 Å². The monoisotopic (exact) mass is 536 g/mol. The standard InChI is InChI=1S/C27H26F2N6O2S/c1-16-14-35(15-17(2)37-16)25-5-3-4-21(34-25)22-7-6-18-12-31-19(10-23(18)33-22)13-32-26(36)24-11-20(8-9-30-24)38-27(28)29/h3-12,16-17,27H,13-15H2,1-2H3,(H,32,36). The van der Waals surface area contributed by atoms with E-state index >= 15 is 0 Å². The summed E-state index contributed by atoms with van der Waals surface area (Å²) >= 11 is 0.367. The molecule has 1 fully saturated rings. The van der Waals surface area contributed by atoms with Crippen LogP contribution in [-0.4, -0.2) is 56.9 Å². The maximum absolute atomic E-state index is 12.6. The smallest absolute Gasteiger partial charge is 0.288 e. The number of hydrogen-bond donors (Lipinski definition) is 1. The molecule has 8 nitrogen and oxygen atoms in total. The summed E-state index contributed by atoms with van der Waals surface area (Å²) in [5, 5.41) is 3.60. The number of thioether (sulfide) groups is 1. The number of aromatic nitrogens is 4. The summed E-state index contributed by atoms with van der Waals surface area (Å²) in [5.41, 5.74) is 2.87. The molecule has 0 aromatic carbocycles. The highest BCUT2D eigenvalue weighted by molar-refractivity contribution is 7.99. The Balaban J connectivity index is 1.31. The fourth-order valence-corrected chi connectivity index (χ4v) is 4.90. The molecule has 0 bridgehead atoms. The van der Waals surface area contributed by atoms with E-state index in [4.69, 9.17) is 14.7 Å². The van der Waals surface area contributed by atoms with E-state index in [1.165, 1.54) is 18.3 Å². The van der Waals surface area contributed by atoms with Gasteiger partial charge in [-0.2, -0.15) is 8.78 Å². The second-order valence-electron chi connectivity index (χ2n) is 9.05. The van der Waals surface area contributed by atoms with Crippen LogP contribution in [0.1, 0.15) is 30.0 Å². The maximum atomic E-state index is 12.6. The van der Waals surface area contributed by atoms with Gasteiger partial charge < -0.3 is 15.0 Å². The van der Waals surface area contributed by atoms with E-state index in [2.05, 4.69) is 34.0 Å². The number of alkyl halides is 2. The molecule has 1 aliphatic heterocycles. The third kappa shape index (κ3) is 6.22. The molecule has 1 aliphatic rings. The molecule has 1 amide bonds. The number of fused-ring (bicyclic) bond motifs is 1. The third-order valence-electron chi connectivity index (χ3n) is 5.99. The molecule has 0 radical (unpaired) electrons. The number of nitrogens with one attached hydrogen (secondary N) is 1. The van der Waals surface area contributed by atoms with Gasteiger partial charge in [0.15, 0.2) is 0 Å². The lowest BCUT2D eigenvalue weighted by molar-refractivity contribution is -0.00545. The Hall–Kier alpha value is -3.70. The average Bonchev–Trinajstić information content (AvgIpc) is 2.90. The lowest BCUT2D eigenvalue weighted by atomic mass is 10.1. The van der Waals surface area contributed by atoms with Crippen molar-refractivity contribution in [3.8, 4) is 11.4 Å². The number of halogens is 2. The van der Waals surface area contributed by atoms with Crippen LogP contribution in [0.5, 0.6) is 0 Å². The van der Waals surface area contributed by atoms with E-state index in [1.807, 2.05) is 36.4 Å². The Labute approximate surface area is 222 Å². The van der Waals surface area contributed by atoms with Gasteiger partial charge in [0.1, 0.15) is 11.5 Å². The number of carbonyl (C=O) groups excluding carboxylic acids is 1. The van der Waals surface area contributed by atoms with Crippen LogP contribution in [-0.2, 0) is 11.3 Å². The van der Waals surface area contributed by atoms with Crippen molar-refractivity contribution >= 4 is 34.4 Å². The molecule has 196 valence electrons. The summed E-state index contributed by atoms with van der Waals surface area (Å²) in [6.45, 7) is 5.81. The highest BCUT2D eigenvalue weighted by atomic mass is 32.2. The molecule has 0 saturated carbocycles. The van der Waals surface area contributed by atoms with Gasteiger partial charge in [-0.3, -0.25) is 14.8 Å². The summed E-state index contributed by atoms with van der Waals surface area (Å²) in [7, 11) is 0. The highest BCUT2D eigenvalue weighted by Gasteiger charge is 2.23. The summed E-state index contributed by atoms with van der Waals surface area (Å²) in [6.07, 6.45) is 3.30. The topological polar surface area (TPSA) is 93.1 Å². The zero-order valence-corrected chi connectivity index (χ0v) is 21.7. The van der Waals surface area contributed by atoms with Gasteiger partial charge in [-0.1, -0.05) is 17.8 Å². The fraction of sp³-hybridized carbons (Fsp3) is 0.296. The molecule has 11 heteroatoms. The van der Waals surface area contributed by atoms with Gasteiger partial charge in [0, 0.05) is 35.8 Å². The van der Waals surface area contributed by atoms with Crippen LogP contribution in [0.4, 0.5) is 14.6 Å². The second-order valence-corrected chi connectivity index (χ2v) is 10.1. The van der Waals surface area contributed by atoms with Gasteiger partial charge in [-0.15, -0.1) is 0 Å². The minimum atomic E-state index is -2.57. The number of anilines is 1. The predicted molar refractivity (Wildman–Crippen MR) is 142 cm³/mol. The lowest BCUT2D eigenvalue weighted by Gasteiger charge is -2.36. The minimum absolute atomic E-state index is 0.0619. The van der Waals surface area contributed by atoms with Crippen LogP contribution in [0.25, 0.3) is 22.3 Å². The maximum Gasteiger partial charge on any atom is 0.288 e. The van der Waals surface area contributed by atoms with Gasteiger partial charge >= 0.3 is 0 Å². The van der Waals surface area contributed by atoms with Crippen molar-refractivity contribution in [1.82, 2.24) is 25.3 Å². The van der Waals surface area contributed by atoms with Gasteiger partial charge in [0.25, 0.3) is 11.7 Å². The highest BCUT2D eigenvalue weighted by Crippen LogP contribution is 2.26. The Morgan fingerprint density at radius 2 is 1.87 bits per heavy atom. The van der Waals surface area contributed by atoms with E-state index in [-0.39, 0.29) is 29.3 Å². The molecule has 2 atom stereocenters. The quantitative estimate of drug-likeness (QED) is 0.332. The summed E-state index contributed by atoms with van der Waals surface area (Å²) < 4.78 is 31.1. The molecule has 4 aromatic heterocycles. The first-order chi connectivity index (χ1) is 18.3. The Morgan fingerprint density at radius 1 is 1.08 bits per heavy atom. The Bertz CT molecular complexity index is 1450. The van der Waals surface area contributed by atoms with Gasteiger partial charge in [0.05, 0.1) is 41.4 Å². The van der Waals surface area contributed by atoms with Crippen LogP contribution in [0, 0.1) is 0 Å². The predicted octanol–water partition coefficient (Wildman–Crippen LogP) is 4.95. The molecule has 1 N–H and O–H groups in total. The van der Waals surface area contributed by atoms with Gasteiger partial charge in [-0.05, 0) is 56.3 Å². The number of pyridine rings is 4. The molecule has 38 heavy (non-hydrogen) atoms. The van der Waals surface area contributed by atoms with Crippen molar-refractivity contribution < 1.29 is 18.3 Å². The number of carbonyl (C=O) groups is 1. The van der Waals surface area contributed by atoms with Crippen molar-refractivity contribution in [3.63, 3.8) is 0 Å². The molecule has 0 aliphatic carbocycles. The molecule has 4 aromatic rings. The SMILES string of the molecule is CC1CN(c2cccc(-c3ccc4cnc(CNC(=O)c5cc(SC(F)F)ccn5)cc4n3)n2)CC(C)O1. The van der Waals surface area contributed by atoms with E-state index in [0.717, 1.165) is 41.2 Å². The first-order valence-electron chi connectivity index (χ1n) is 12.2. The van der Waals surface area contributed by atoms with Crippen molar-refractivity contribution in [2.75, 3.05) is 18.0 Å². The summed E-state index contributed by atoms with van der Waals surface area (Å²) in [4.78, 5) is 33.1. The van der Waals surface area contributed by atoms with Crippen LogP contribution in [0.2, 0.25) is 0 Å².